The Balaban J connectivity index is 2.10. The smallest absolute Gasteiger partial charge is 0.323 e. The molecule has 3 rings (SSSR count). The van der Waals surface area contributed by atoms with Crippen molar-refractivity contribution in [3.8, 4) is 0 Å². The first-order chi connectivity index (χ1) is 5.10. The Morgan fingerprint density at radius 1 is 1.55 bits per heavy atom. The van der Waals surface area contributed by atoms with Crippen LogP contribution in [-0.2, 0) is 4.79 Å². The number of alkyl halides is 1. The van der Waals surface area contributed by atoms with Crippen LogP contribution >= 0.6 is 0 Å². The summed E-state index contributed by atoms with van der Waals surface area (Å²) in [6, 6.07) is 0. The highest BCUT2D eigenvalue weighted by Crippen LogP contribution is 2.69. The van der Waals surface area contributed by atoms with Crippen molar-refractivity contribution in [1.29, 1.82) is 0 Å². The predicted molar refractivity (Wildman–Crippen MR) is 34.8 cm³/mol. The van der Waals surface area contributed by atoms with Gasteiger partial charge in [0.15, 0.2) is 0 Å². The molecule has 0 aliphatic heterocycles. The Labute approximate surface area is 62.8 Å². The van der Waals surface area contributed by atoms with E-state index in [2.05, 4.69) is 4.79 Å². The Morgan fingerprint density at radius 3 is 2.45 bits per heavy atom. The van der Waals surface area contributed by atoms with Crippen molar-refractivity contribution >= 4 is 12.0 Å². The maximum atomic E-state index is 12.9. The van der Waals surface area contributed by atoms with E-state index in [9.17, 15) is 9.18 Å². The van der Waals surface area contributed by atoms with Gasteiger partial charge >= 0.3 is 6.21 Å². The molecule has 3 fully saturated rings. The SMILES string of the molecule is [N-]=[N+]=CC(=O)C12CC(F)(C1)C2. The number of rotatable bonds is 2. The van der Waals surface area contributed by atoms with Gasteiger partial charge in [0.25, 0.3) is 0 Å². The molecule has 11 heavy (non-hydrogen) atoms. The number of carbonyl (C=O) groups is 1. The lowest BCUT2D eigenvalue weighted by Gasteiger charge is -2.63. The molecule has 3 aliphatic carbocycles. The minimum absolute atomic E-state index is 0.237. The minimum Gasteiger partial charge on any atom is -0.361 e. The normalized spacial score (nSPS) is 44.8. The zero-order valence-corrected chi connectivity index (χ0v) is 5.88. The predicted octanol–water partition coefficient (Wildman–Crippen LogP) is 0.748. The number of hydrogen-bond acceptors (Lipinski definition) is 1. The molecule has 3 aliphatic rings. The molecule has 0 radical (unpaired) electrons. The Bertz CT molecular complexity index is 260. The minimum atomic E-state index is -1.06. The number of carbonyl (C=O) groups excluding carboxylic acids is 1. The summed E-state index contributed by atoms with van der Waals surface area (Å²) in [5.41, 5.74) is 6.51. The average molecular weight is 154 g/mol. The quantitative estimate of drug-likeness (QED) is 0.329. The molecular formula is C7H7FN2O. The summed E-state index contributed by atoms with van der Waals surface area (Å²) in [7, 11) is 0. The van der Waals surface area contributed by atoms with E-state index in [1.807, 2.05) is 0 Å². The highest BCUT2D eigenvalue weighted by molar-refractivity contribution is 6.28. The van der Waals surface area contributed by atoms with Crippen LogP contribution in [0.25, 0.3) is 5.53 Å². The molecule has 0 spiro atoms. The van der Waals surface area contributed by atoms with Gasteiger partial charge in [-0.05, 0) is 19.3 Å². The van der Waals surface area contributed by atoms with Gasteiger partial charge in [-0.25, -0.2) is 4.39 Å². The maximum Gasteiger partial charge on any atom is 0.323 e. The molecule has 0 unspecified atom stereocenters. The molecule has 0 saturated heterocycles. The monoisotopic (exact) mass is 154 g/mol. The van der Waals surface area contributed by atoms with Crippen molar-refractivity contribution in [2.45, 2.75) is 24.9 Å². The molecule has 0 heterocycles. The van der Waals surface area contributed by atoms with E-state index in [1.165, 1.54) is 0 Å². The molecule has 0 aromatic carbocycles. The summed E-state index contributed by atoms with van der Waals surface area (Å²) < 4.78 is 12.9. The molecule has 2 bridgehead atoms. The zero-order valence-electron chi connectivity index (χ0n) is 5.88. The summed E-state index contributed by atoms with van der Waals surface area (Å²) in [5.74, 6) is -0.237. The molecule has 4 heteroatoms. The summed E-state index contributed by atoms with van der Waals surface area (Å²) in [6.07, 6.45) is 1.85. The fourth-order valence-corrected chi connectivity index (χ4v) is 2.11. The summed E-state index contributed by atoms with van der Waals surface area (Å²) >= 11 is 0. The lowest BCUT2D eigenvalue weighted by molar-refractivity contribution is -0.207. The van der Waals surface area contributed by atoms with E-state index in [-0.39, 0.29) is 5.78 Å². The van der Waals surface area contributed by atoms with Crippen molar-refractivity contribution in [1.82, 2.24) is 0 Å². The van der Waals surface area contributed by atoms with E-state index >= 15 is 0 Å². The van der Waals surface area contributed by atoms with Crippen molar-refractivity contribution < 1.29 is 14.0 Å². The van der Waals surface area contributed by atoms with E-state index in [0.29, 0.717) is 19.3 Å². The van der Waals surface area contributed by atoms with E-state index in [4.69, 9.17) is 5.53 Å². The summed E-state index contributed by atoms with van der Waals surface area (Å²) in [4.78, 5) is 13.7. The number of hydrogen-bond donors (Lipinski definition) is 0. The summed E-state index contributed by atoms with van der Waals surface area (Å²) in [5, 5.41) is 0. The van der Waals surface area contributed by atoms with E-state index < -0.39 is 11.1 Å². The topological polar surface area (TPSA) is 53.5 Å². The lowest BCUT2D eigenvalue weighted by Crippen LogP contribution is -2.68. The van der Waals surface area contributed by atoms with Crippen LogP contribution in [0.3, 0.4) is 0 Å². The molecule has 0 amide bonds. The third kappa shape index (κ3) is 0.648. The van der Waals surface area contributed by atoms with Gasteiger partial charge in [0.1, 0.15) is 5.67 Å². The lowest BCUT2D eigenvalue weighted by atomic mass is 9.41. The number of ketones is 1. The van der Waals surface area contributed by atoms with Crippen molar-refractivity contribution in [2.75, 3.05) is 0 Å². The van der Waals surface area contributed by atoms with Crippen LogP contribution in [0, 0.1) is 5.41 Å². The van der Waals surface area contributed by atoms with Crippen LogP contribution in [0.4, 0.5) is 4.39 Å². The standard InChI is InChI=1S/C7H7FN2O/c8-7-2-6(3-7,4-7)5(11)1-10-9/h1H,2-4H2. The van der Waals surface area contributed by atoms with E-state index in [0.717, 1.165) is 6.21 Å². The van der Waals surface area contributed by atoms with Crippen LogP contribution in [0.5, 0.6) is 0 Å². The van der Waals surface area contributed by atoms with Gasteiger partial charge in [0, 0.05) is 5.41 Å². The second kappa shape index (κ2) is 1.59. The number of halogens is 1. The molecule has 0 N–H and O–H groups in total. The molecule has 3 nitrogen and oxygen atoms in total. The molecule has 3 saturated carbocycles. The van der Waals surface area contributed by atoms with Crippen molar-refractivity contribution in [3.05, 3.63) is 5.53 Å². The molecule has 0 aromatic heterocycles. The van der Waals surface area contributed by atoms with Crippen molar-refractivity contribution in [3.63, 3.8) is 0 Å². The fourth-order valence-electron chi connectivity index (χ4n) is 2.11. The van der Waals surface area contributed by atoms with E-state index in [1.54, 1.807) is 0 Å². The molecule has 0 atom stereocenters. The van der Waals surface area contributed by atoms with Gasteiger partial charge in [-0.3, -0.25) is 4.79 Å². The van der Waals surface area contributed by atoms with Crippen molar-refractivity contribution in [2.24, 2.45) is 5.41 Å². The highest BCUT2D eigenvalue weighted by Gasteiger charge is 2.73. The van der Waals surface area contributed by atoms with Gasteiger partial charge in [0.05, 0.1) is 0 Å². The maximum absolute atomic E-state index is 12.9. The first-order valence-electron chi connectivity index (χ1n) is 3.51. The number of nitrogens with zero attached hydrogens (tertiary/aromatic N) is 2. The highest BCUT2D eigenvalue weighted by atomic mass is 19.1. The summed E-state index contributed by atoms with van der Waals surface area (Å²) in [6.45, 7) is 0. The second-order valence-corrected chi connectivity index (χ2v) is 3.57. The third-order valence-corrected chi connectivity index (χ3v) is 2.66. The van der Waals surface area contributed by atoms with Crippen LogP contribution in [0.2, 0.25) is 0 Å². The Kier molecular flexibility index (Phi) is 0.963. The first-order valence-corrected chi connectivity index (χ1v) is 3.51. The Hall–Kier alpha value is -1.02. The van der Waals surface area contributed by atoms with Gasteiger partial charge in [-0.2, -0.15) is 4.79 Å². The first kappa shape index (κ1) is 6.68. The Morgan fingerprint density at radius 2 is 2.09 bits per heavy atom. The second-order valence-electron chi connectivity index (χ2n) is 3.57. The van der Waals surface area contributed by atoms with Gasteiger partial charge in [0.2, 0.25) is 5.78 Å². The van der Waals surface area contributed by atoms with Crippen LogP contribution in [0.1, 0.15) is 19.3 Å². The largest absolute Gasteiger partial charge is 0.361 e. The van der Waals surface area contributed by atoms with Gasteiger partial charge < -0.3 is 5.53 Å². The average Bonchev–Trinajstić information content (AvgIpc) is 1.79. The van der Waals surface area contributed by atoms with Crippen LogP contribution in [-0.4, -0.2) is 22.5 Å². The molecule has 58 valence electrons. The molecule has 0 aromatic rings. The van der Waals surface area contributed by atoms with Crippen LogP contribution < -0.4 is 0 Å². The zero-order chi connectivity index (χ0) is 8.11. The van der Waals surface area contributed by atoms with Crippen LogP contribution in [0.15, 0.2) is 0 Å². The van der Waals surface area contributed by atoms with Gasteiger partial charge in [-0.15, -0.1) is 0 Å². The third-order valence-electron chi connectivity index (χ3n) is 2.66. The van der Waals surface area contributed by atoms with Gasteiger partial charge in [-0.1, -0.05) is 0 Å². The number of Topliss-reactive ketones (excluding diaryl/α,β-unsaturated/α-hetero) is 1. The fraction of sp³-hybridized carbons (Fsp3) is 0.714. The molecular weight excluding hydrogens is 147 g/mol.